The normalized spacial score (nSPS) is 18.7. The van der Waals surface area contributed by atoms with Gasteiger partial charge in [0.2, 0.25) is 0 Å². The van der Waals surface area contributed by atoms with Crippen molar-refractivity contribution < 1.29 is 14.3 Å². The Morgan fingerprint density at radius 1 is 1.33 bits per heavy atom. The predicted octanol–water partition coefficient (Wildman–Crippen LogP) is 3.59. The molecule has 0 bridgehead atoms. The zero-order valence-corrected chi connectivity index (χ0v) is 14.8. The van der Waals surface area contributed by atoms with E-state index in [9.17, 15) is 9.59 Å². The molecule has 1 aromatic rings. The third-order valence-electron chi connectivity index (χ3n) is 4.13. The van der Waals surface area contributed by atoms with Gasteiger partial charge in [-0.05, 0) is 50.1 Å². The van der Waals surface area contributed by atoms with Crippen LogP contribution in [0.25, 0.3) is 6.08 Å². The number of rotatable bonds is 7. The lowest BCUT2D eigenvalue weighted by Crippen LogP contribution is -2.40. The molecule has 1 heterocycles. The molecule has 0 aromatic heterocycles. The first-order valence-electron chi connectivity index (χ1n) is 8.44. The molecule has 0 N–H and O–H groups in total. The lowest BCUT2D eigenvalue weighted by Gasteiger charge is -2.31. The zero-order valence-electron chi connectivity index (χ0n) is 14.0. The largest absolute Gasteiger partial charge is 0.466 e. The summed E-state index contributed by atoms with van der Waals surface area (Å²) in [5.74, 6) is -0.0854. The molecule has 5 heteroatoms. The van der Waals surface area contributed by atoms with E-state index in [0.717, 1.165) is 24.9 Å². The van der Waals surface area contributed by atoms with Gasteiger partial charge in [-0.2, -0.15) is 0 Å². The predicted molar refractivity (Wildman–Crippen MR) is 95.9 cm³/mol. The average Bonchev–Trinajstić information content (AvgIpc) is 2.60. The lowest BCUT2D eigenvalue weighted by atomic mass is 9.98. The first-order chi connectivity index (χ1) is 11.6. The van der Waals surface area contributed by atoms with Crippen LogP contribution in [0.4, 0.5) is 0 Å². The first-order valence-corrected chi connectivity index (χ1v) is 8.81. The van der Waals surface area contributed by atoms with E-state index in [2.05, 4.69) is 4.90 Å². The highest BCUT2D eigenvalue weighted by Crippen LogP contribution is 2.18. The van der Waals surface area contributed by atoms with Gasteiger partial charge in [-0.25, -0.2) is 0 Å². The molecule has 2 rings (SSSR count). The number of carbonyl (C=O) groups is 2. The van der Waals surface area contributed by atoms with Gasteiger partial charge in [0.05, 0.1) is 12.5 Å². The summed E-state index contributed by atoms with van der Waals surface area (Å²) in [5, 5.41) is 0.680. The summed E-state index contributed by atoms with van der Waals surface area (Å²) in [6, 6.07) is 7.35. The van der Waals surface area contributed by atoms with Crippen LogP contribution in [0.2, 0.25) is 5.02 Å². The molecule has 0 amide bonds. The smallest absolute Gasteiger partial charge is 0.310 e. The summed E-state index contributed by atoms with van der Waals surface area (Å²) in [7, 11) is 0. The summed E-state index contributed by atoms with van der Waals surface area (Å²) in [5.41, 5.74) is 0.952. The van der Waals surface area contributed by atoms with Crippen LogP contribution in [0, 0.1) is 5.92 Å². The van der Waals surface area contributed by atoms with Crippen molar-refractivity contribution in [2.24, 2.45) is 5.92 Å². The fourth-order valence-corrected chi connectivity index (χ4v) is 2.95. The minimum Gasteiger partial charge on any atom is -0.466 e. The van der Waals surface area contributed by atoms with Crippen molar-refractivity contribution in [3.8, 4) is 0 Å². The van der Waals surface area contributed by atoms with E-state index in [0.29, 0.717) is 31.1 Å². The molecule has 1 fully saturated rings. The van der Waals surface area contributed by atoms with Crippen molar-refractivity contribution in [3.05, 3.63) is 40.9 Å². The standard InChI is InChI=1S/C19H24ClNO3/c1-2-24-19(23)16-4-3-12-21(14-16)13-11-18(22)10-7-15-5-8-17(20)9-6-15/h5-10,16H,2-4,11-14H2,1H3. The van der Waals surface area contributed by atoms with Gasteiger partial charge in [-0.1, -0.05) is 29.8 Å². The Morgan fingerprint density at radius 3 is 2.79 bits per heavy atom. The van der Waals surface area contributed by atoms with E-state index in [-0.39, 0.29) is 17.7 Å². The summed E-state index contributed by atoms with van der Waals surface area (Å²) in [4.78, 5) is 26.0. The Morgan fingerprint density at radius 2 is 2.08 bits per heavy atom. The number of benzene rings is 1. The molecule has 0 aliphatic carbocycles. The molecule has 0 saturated carbocycles. The summed E-state index contributed by atoms with van der Waals surface area (Å²) in [6.07, 6.45) is 5.71. The third kappa shape index (κ3) is 6.10. The molecule has 24 heavy (non-hydrogen) atoms. The SMILES string of the molecule is CCOC(=O)C1CCCN(CCC(=O)C=Cc2ccc(Cl)cc2)C1. The number of nitrogens with zero attached hydrogens (tertiary/aromatic N) is 1. The maximum atomic E-state index is 12.0. The molecule has 0 spiro atoms. The van der Waals surface area contributed by atoms with Gasteiger partial charge < -0.3 is 9.64 Å². The van der Waals surface area contributed by atoms with E-state index < -0.39 is 0 Å². The number of ketones is 1. The molecule has 1 unspecified atom stereocenters. The minimum atomic E-state index is -0.115. The van der Waals surface area contributed by atoms with E-state index in [1.54, 1.807) is 24.3 Å². The highest BCUT2D eigenvalue weighted by atomic mass is 35.5. The number of halogens is 1. The summed E-state index contributed by atoms with van der Waals surface area (Å²) < 4.78 is 5.10. The van der Waals surface area contributed by atoms with Gasteiger partial charge in [-0.15, -0.1) is 0 Å². The Kier molecular flexibility index (Phi) is 7.47. The van der Waals surface area contributed by atoms with Crippen LogP contribution in [0.15, 0.2) is 30.3 Å². The van der Waals surface area contributed by atoms with Gasteiger partial charge in [0, 0.05) is 24.5 Å². The van der Waals surface area contributed by atoms with Crippen LogP contribution in [0.1, 0.15) is 31.7 Å². The molecule has 130 valence electrons. The minimum absolute atomic E-state index is 0.0570. The Hall–Kier alpha value is -1.65. The van der Waals surface area contributed by atoms with Gasteiger partial charge in [0.25, 0.3) is 0 Å². The summed E-state index contributed by atoms with van der Waals surface area (Å²) in [6.45, 7) is 4.55. The van der Waals surface area contributed by atoms with Crippen LogP contribution < -0.4 is 0 Å². The van der Waals surface area contributed by atoms with E-state index in [4.69, 9.17) is 16.3 Å². The van der Waals surface area contributed by atoms with E-state index in [1.165, 1.54) is 0 Å². The molecule has 4 nitrogen and oxygen atoms in total. The molecular weight excluding hydrogens is 326 g/mol. The molecule has 1 aliphatic heterocycles. The van der Waals surface area contributed by atoms with Crippen LogP contribution in [0.5, 0.6) is 0 Å². The highest BCUT2D eigenvalue weighted by Gasteiger charge is 2.26. The number of ether oxygens (including phenoxy) is 1. The van der Waals surface area contributed by atoms with Gasteiger partial charge >= 0.3 is 5.97 Å². The molecule has 1 saturated heterocycles. The molecule has 1 atom stereocenters. The first kappa shape index (κ1) is 18.7. The molecule has 0 radical (unpaired) electrons. The number of esters is 1. The molecule has 1 aromatic carbocycles. The van der Waals surface area contributed by atoms with Crippen LogP contribution >= 0.6 is 11.6 Å². The summed E-state index contributed by atoms with van der Waals surface area (Å²) >= 11 is 5.83. The second-order valence-electron chi connectivity index (χ2n) is 5.99. The van der Waals surface area contributed by atoms with Crippen molar-refractivity contribution in [2.45, 2.75) is 26.2 Å². The topological polar surface area (TPSA) is 46.6 Å². The van der Waals surface area contributed by atoms with Crippen LogP contribution in [0.3, 0.4) is 0 Å². The monoisotopic (exact) mass is 349 g/mol. The van der Waals surface area contributed by atoms with Gasteiger partial charge in [0.1, 0.15) is 0 Å². The number of hydrogen-bond donors (Lipinski definition) is 0. The fraction of sp³-hybridized carbons (Fsp3) is 0.474. The average molecular weight is 350 g/mol. The number of hydrogen-bond acceptors (Lipinski definition) is 4. The second-order valence-corrected chi connectivity index (χ2v) is 6.43. The fourth-order valence-electron chi connectivity index (χ4n) is 2.83. The van der Waals surface area contributed by atoms with Gasteiger partial charge in [0.15, 0.2) is 5.78 Å². The lowest BCUT2D eigenvalue weighted by molar-refractivity contribution is -0.149. The quantitative estimate of drug-likeness (QED) is 0.557. The number of likely N-dealkylation sites (tertiary alicyclic amines) is 1. The highest BCUT2D eigenvalue weighted by molar-refractivity contribution is 6.30. The van der Waals surface area contributed by atoms with Crippen molar-refractivity contribution in [3.63, 3.8) is 0 Å². The van der Waals surface area contributed by atoms with Crippen molar-refractivity contribution in [1.29, 1.82) is 0 Å². The van der Waals surface area contributed by atoms with E-state index >= 15 is 0 Å². The Labute approximate surface area is 148 Å². The number of carbonyl (C=O) groups excluding carboxylic acids is 2. The van der Waals surface area contributed by atoms with Crippen molar-refractivity contribution in [2.75, 3.05) is 26.2 Å². The van der Waals surface area contributed by atoms with Crippen LogP contribution in [-0.2, 0) is 14.3 Å². The van der Waals surface area contributed by atoms with Crippen molar-refractivity contribution in [1.82, 2.24) is 4.90 Å². The Balaban J connectivity index is 1.76. The maximum absolute atomic E-state index is 12.0. The van der Waals surface area contributed by atoms with E-state index in [1.807, 2.05) is 19.1 Å². The molecular formula is C19H24ClNO3. The van der Waals surface area contributed by atoms with Gasteiger partial charge in [-0.3, -0.25) is 9.59 Å². The van der Waals surface area contributed by atoms with Crippen molar-refractivity contribution >= 4 is 29.4 Å². The third-order valence-corrected chi connectivity index (χ3v) is 4.38. The maximum Gasteiger partial charge on any atom is 0.310 e. The zero-order chi connectivity index (χ0) is 17.4. The second kappa shape index (κ2) is 9.60. The number of piperidine rings is 1. The molecule has 1 aliphatic rings. The number of allylic oxidation sites excluding steroid dienone is 1. The van der Waals surface area contributed by atoms with Crippen LogP contribution in [-0.4, -0.2) is 42.9 Å². The Bertz CT molecular complexity index is 583.